The molecule has 2 rings (SSSR count). The molecular weight excluding hydrogens is 342 g/mol. The lowest BCUT2D eigenvalue weighted by Crippen LogP contribution is -2.42. The third kappa shape index (κ3) is 5.60. The second-order valence-electron chi connectivity index (χ2n) is 5.80. The number of primary amides is 1. The van der Waals surface area contributed by atoms with E-state index in [0.29, 0.717) is 23.8 Å². The zero-order chi connectivity index (χ0) is 18.2. The molecule has 0 fully saturated rings. The van der Waals surface area contributed by atoms with Crippen molar-refractivity contribution in [2.45, 2.75) is 38.6 Å². The number of nitrogens with two attached hydrogens (primary N) is 1. The molecule has 0 saturated heterocycles. The van der Waals surface area contributed by atoms with Crippen LogP contribution in [-0.2, 0) is 9.59 Å². The number of benzene rings is 1. The Morgan fingerprint density at radius 1 is 1.28 bits per heavy atom. The highest BCUT2D eigenvalue weighted by Gasteiger charge is 2.11. The number of pyridine rings is 1. The summed E-state index contributed by atoms with van der Waals surface area (Å²) in [6.07, 6.45) is 4.45. The van der Waals surface area contributed by atoms with Crippen molar-refractivity contribution in [3.63, 3.8) is 0 Å². The first-order valence-electron chi connectivity index (χ1n) is 8.23. The summed E-state index contributed by atoms with van der Waals surface area (Å²) < 4.78 is 5.79. The van der Waals surface area contributed by atoms with E-state index < -0.39 is 11.9 Å². The number of unbranched alkanes of at least 4 members (excludes halogenated alkanes) is 2. The van der Waals surface area contributed by atoms with Crippen LogP contribution in [-0.4, -0.2) is 29.4 Å². The van der Waals surface area contributed by atoms with Crippen LogP contribution < -0.4 is 15.8 Å². The van der Waals surface area contributed by atoms with Gasteiger partial charge in [0.25, 0.3) is 0 Å². The highest BCUT2D eigenvalue weighted by atomic mass is 35.5. The Kier molecular flexibility index (Phi) is 7.01. The standard InChI is InChI=1S/C18H22ClN3O3/c1-12(18(20)24)22-16(23)7-3-2-4-11-25-15-9-8-14(19)13-6-5-10-21-17(13)15/h5-6,8-10,12H,2-4,7,11H2,1H3,(H2,20,24)(H,22,23). The van der Waals surface area contributed by atoms with Crippen LogP contribution in [0, 0.1) is 0 Å². The van der Waals surface area contributed by atoms with Gasteiger partial charge in [-0.2, -0.15) is 0 Å². The Bertz CT molecular complexity index is 751. The van der Waals surface area contributed by atoms with E-state index in [2.05, 4.69) is 10.3 Å². The summed E-state index contributed by atoms with van der Waals surface area (Å²) in [4.78, 5) is 26.8. The van der Waals surface area contributed by atoms with Crippen molar-refractivity contribution in [3.8, 4) is 5.75 Å². The van der Waals surface area contributed by atoms with Crippen LogP contribution in [0.4, 0.5) is 0 Å². The zero-order valence-electron chi connectivity index (χ0n) is 14.1. The van der Waals surface area contributed by atoms with Gasteiger partial charge in [-0.3, -0.25) is 14.6 Å². The highest BCUT2D eigenvalue weighted by Crippen LogP contribution is 2.29. The summed E-state index contributed by atoms with van der Waals surface area (Å²) in [7, 11) is 0. The number of hydrogen-bond acceptors (Lipinski definition) is 4. The Balaban J connectivity index is 1.71. The maximum Gasteiger partial charge on any atom is 0.239 e. The number of amides is 2. The van der Waals surface area contributed by atoms with Gasteiger partial charge in [0.2, 0.25) is 11.8 Å². The van der Waals surface area contributed by atoms with Crippen LogP contribution >= 0.6 is 11.6 Å². The number of aromatic nitrogens is 1. The van der Waals surface area contributed by atoms with Crippen molar-refractivity contribution in [2.75, 3.05) is 6.61 Å². The van der Waals surface area contributed by atoms with Crippen LogP contribution in [0.15, 0.2) is 30.5 Å². The molecular formula is C18H22ClN3O3. The number of nitrogens with one attached hydrogen (secondary N) is 1. The van der Waals surface area contributed by atoms with Gasteiger partial charge < -0.3 is 15.8 Å². The normalized spacial score (nSPS) is 11.9. The molecule has 25 heavy (non-hydrogen) atoms. The molecule has 134 valence electrons. The number of halogens is 1. The van der Waals surface area contributed by atoms with Gasteiger partial charge in [0.1, 0.15) is 17.3 Å². The number of hydrogen-bond donors (Lipinski definition) is 2. The van der Waals surface area contributed by atoms with E-state index in [1.54, 1.807) is 19.2 Å². The minimum atomic E-state index is -0.637. The number of rotatable bonds is 9. The molecule has 0 aliphatic rings. The van der Waals surface area contributed by atoms with Crippen molar-refractivity contribution in [1.29, 1.82) is 0 Å². The average Bonchev–Trinajstić information content (AvgIpc) is 2.59. The molecule has 1 aromatic heterocycles. The molecule has 0 bridgehead atoms. The highest BCUT2D eigenvalue weighted by molar-refractivity contribution is 6.35. The van der Waals surface area contributed by atoms with E-state index in [1.807, 2.05) is 18.2 Å². The number of carbonyl (C=O) groups is 2. The molecule has 0 aliphatic carbocycles. The number of ether oxygens (including phenoxy) is 1. The molecule has 0 saturated carbocycles. The largest absolute Gasteiger partial charge is 0.491 e. The topological polar surface area (TPSA) is 94.3 Å². The third-order valence-electron chi connectivity index (χ3n) is 3.79. The van der Waals surface area contributed by atoms with Crippen LogP contribution in [0.2, 0.25) is 5.02 Å². The Morgan fingerprint density at radius 3 is 2.84 bits per heavy atom. The van der Waals surface area contributed by atoms with E-state index in [-0.39, 0.29) is 5.91 Å². The van der Waals surface area contributed by atoms with Crippen LogP contribution in [0.3, 0.4) is 0 Å². The summed E-state index contributed by atoms with van der Waals surface area (Å²) in [5, 5.41) is 4.06. The lowest BCUT2D eigenvalue weighted by atomic mass is 10.2. The SMILES string of the molecule is CC(NC(=O)CCCCCOc1ccc(Cl)c2cccnc12)C(N)=O. The van der Waals surface area contributed by atoms with Crippen molar-refractivity contribution in [2.24, 2.45) is 5.73 Å². The van der Waals surface area contributed by atoms with Gasteiger partial charge >= 0.3 is 0 Å². The molecule has 6 nitrogen and oxygen atoms in total. The fourth-order valence-electron chi connectivity index (χ4n) is 2.36. The second-order valence-corrected chi connectivity index (χ2v) is 6.20. The number of carbonyl (C=O) groups excluding carboxylic acids is 2. The fourth-order valence-corrected chi connectivity index (χ4v) is 2.58. The molecule has 1 atom stereocenters. The van der Waals surface area contributed by atoms with E-state index >= 15 is 0 Å². The lowest BCUT2D eigenvalue weighted by molar-refractivity contribution is -0.127. The van der Waals surface area contributed by atoms with Gasteiger partial charge in [-0.05, 0) is 50.5 Å². The first-order chi connectivity index (χ1) is 12.0. The van der Waals surface area contributed by atoms with Crippen LogP contribution in [0.5, 0.6) is 5.75 Å². The van der Waals surface area contributed by atoms with Crippen molar-refractivity contribution in [1.82, 2.24) is 10.3 Å². The molecule has 2 aromatic rings. The minimum absolute atomic E-state index is 0.167. The fraction of sp³-hybridized carbons (Fsp3) is 0.389. The van der Waals surface area contributed by atoms with Crippen molar-refractivity contribution in [3.05, 3.63) is 35.5 Å². The summed E-state index contributed by atoms with van der Waals surface area (Å²) >= 11 is 6.15. The minimum Gasteiger partial charge on any atom is -0.491 e. The first-order valence-corrected chi connectivity index (χ1v) is 8.61. The van der Waals surface area contributed by atoms with E-state index in [4.69, 9.17) is 22.1 Å². The monoisotopic (exact) mass is 363 g/mol. The quantitative estimate of drug-likeness (QED) is 0.670. The molecule has 0 aliphatic heterocycles. The third-order valence-corrected chi connectivity index (χ3v) is 4.12. The van der Waals surface area contributed by atoms with Gasteiger partial charge in [0.15, 0.2) is 0 Å². The van der Waals surface area contributed by atoms with Gasteiger partial charge in [-0.1, -0.05) is 11.6 Å². The Labute approximate surface area is 151 Å². The lowest BCUT2D eigenvalue weighted by Gasteiger charge is -2.10. The molecule has 0 spiro atoms. The van der Waals surface area contributed by atoms with E-state index in [9.17, 15) is 9.59 Å². The summed E-state index contributed by atoms with van der Waals surface area (Å²) in [5.74, 6) is -0.00121. The molecule has 0 radical (unpaired) electrons. The number of fused-ring (bicyclic) bond motifs is 1. The molecule has 3 N–H and O–H groups in total. The molecule has 1 unspecified atom stereocenters. The predicted octanol–water partition coefficient (Wildman–Crippen LogP) is 2.82. The molecule has 1 aromatic carbocycles. The average molecular weight is 364 g/mol. The summed E-state index contributed by atoms with van der Waals surface area (Å²) in [6.45, 7) is 2.10. The second kappa shape index (κ2) is 9.22. The zero-order valence-corrected chi connectivity index (χ0v) is 14.9. The summed E-state index contributed by atoms with van der Waals surface area (Å²) in [5.41, 5.74) is 5.84. The van der Waals surface area contributed by atoms with Gasteiger partial charge in [0.05, 0.1) is 11.6 Å². The smallest absolute Gasteiger partial charge is 0.239 e. The Hall–Kier alpha value is -2.34. The van der Waals surface area contributed by atoms with Gasteiger partial charge in [0, 0.05) is 18.0 Å². The maximum atomic E-state index is 11.6. The first kappa shape index (κ1) is 19.0. The predicted molar refractivity (Wildman–Crippen MR) is 97.5 cm³/mol. The van der Waals surface area contributed by atoms with Crippen molar-refractivity contribution < 1.29 is 14.3 Å². The summed E-state index contributed by atoms with van der Waals surface area (Å²) in [6, 6.07) is 6.72. The van der Waals surface area contributed by atoms with Crippen LogP contribution in [0.1, 0.15) is 32.6 Å². The van der Waals surface area contributed by atoms with Crippen LogP contribution in [0.25, 0.3) is 10.9 Å². The van der Waals surface area contributed by atoms with E-state index in [1.165, 1.54) is 0 Å². The number of nitrogens with zero attached hydrogens (tertiary/aromatic N) is 1. The molecule has 2 amide bonds. The van der Waals surface area contributed by atoms with E-state index in [0.717, 1.165) is 30.2 Å². The molecule has 7 heteroatoms. The van der Waals surface area contributed by atoms with Gasteiger partial charge in [-0.25, -0.2) is 0 Å². The Morgan fingerprint density at radius 2 is 2.08 bits per heavy atom. The molecule has 1 heterocycles. The van der Waals surface area contributed by atoms with Crippen molar-refractivity contribution >= 4 is 34.3 Å². The van der Waals surface area contributed by atoms with Gasteiger partial charge in [-0.15, -0.1) is 0 Å². The maximum absolute atomic E-state index is 11.6.